The van der Waals surface area contributed by atoms with E-state index in [9.17, 15) is 0 Å². The number of hydrogen-bond donors (Lipinski definition) is 1. The van der Waals surface area contributed by atoms with Crippen molar-refractivity contribution in [3.05, 3.63) is 17.1 Å². The average molecular weight is 188 g/mol. The topological polar surface area (TPSA) is 75.6 Å². The van der Waals surface area contributed by atoms with Crippen LogP contribution in [0, 0.1) is 24.2 Å². The minimum atomic E-state index is 0.315. The summed E-state index contributed by atoms with van der Waals surface area (Å²) < 4.78 is 0. The predicted molar refractivity (Wildman–Crippen MR) is 52.3 cm³/mol. The third kappa shape index (κ3) is 1.67. The minimum Gasteiger partial charge on any atom is -0.382 e. The number of aromatic nitrogens is 2. The van der Waals surface area contributed by atoms with Gasteiger partial charge in [0.2, 0.25) is 0 Å². The highest BCUT2D eigenvalue weighted by Gasteiger charge is 2.23. The molecule has 1 fully saturated rings. The van der Waals surface area contributed by atoms with Gasteiger partial charge in [-0.15, -0.1) is 0 Å². The fourth-order valence-electron chi connectivity index (χ4n) is 1.46. The van der Waals surface area contributed by atoms with E-state index < -0.39 is 0 Å². The van der Waals surface area contributed by atoms with Gasteiger partial charge in [0, 0.05) is 6.42 Å². The number of nitrogen functional groups attached to an aromatic ring is 1. The molecule has 14 heavy (non-hydrogen) atoms. The van der Waals surface area contributed by atoms with Crippen molar-refractivity contribution in [2.24, 2.45) is 5.92 Å². The lowest BCUT2D eigenvalue weighted by Gasteiger charge is -2.04. The third-order valence-corrected chi connectivity index (χ3v) is 2.44. The first-order chi connectivity index (χ1) is 6.70. The Kier molecular flexibility index (Phi) is 2.08. The molecule has 2 N–H and O–H groups in total. The van der Waals surface area contributed by atoms with Crippen LogP contribution in [0.25, 0.3) is 0 Å². The summed E-state index contributed by atoms with van der Waals surface area (Å²) in [6.45, 7) is 1.80. The lowest BCUT2D eigenvalue weighted by atomic mass is 10.2. The summed E-state index contributed by atoms with van der Waals surface area (Å²) in [6, 6.07) is 2.01. The van der Waals surface area contributed by atoms with Crippen molar-refractivity contribution in [2.45, 2.75) is 26.2 Å². The Morgan fingerprint density at radius 3 is 2.71 bits per heavy atom. The molecule has 1 aliphatic carbocycles. The Balaban J connectivity index is 2.31. The van der Waals surface area contributed by atoms with Crippen LogP contribution >= 0.6 is 0 Å². The monoisotopic (exact) mass is 188 g/mol. The van der Waals surface area contributed by atoms with E-state index >= 15 is 0 Å². The molecule has 1 aliphatic rings. The van der Waals surface area contributed by atoms with Crippen molar-refractivity contribution < 1.29 is 0 Å². The summed E-state index contributed by atoms with van der Waals surface area (Å²) in [7, 11) is 0. The number of anilines is 1. The van der Waals surface area contributed by atoms with Crippen LogP contribution in [-0.4, -0.2) is 9.97 Å². The number of nitrogens with two attached hydrogens (primary N) is 1. The second-order valence-corrected chi connectivity index (χ2v) is 3.74. The first kappa shape index (κ1) is 8.95. The molecule has 72 valence electrons. The summed E-state index contributed by atoms with van der Waals surface area (Å²) in [5.41, 5.74) is 6.75. The van der Waals surface area contributed by atoms with E-state index in [1.165, 1.54) is 12.8 Å². The molecular formula is C10H12N4. The Labute approximate surface area is 82.8 Å². The Bertz CT molecular complexity index is 378. The van der Waals surface area contributed by atoms with Crippen LogP contribution in [0.3, 0.4) is 0 Å². The molecule has 4 nitrogen and oxygen atoms in total. The zero-order chi connectivity index (χ0) is 10.1. The molecule has 0 aliphatic heterocycles. The van der Waals surface area contributed by atoms with E-state index in [1.54, 1.807) is 6.92 Å². The van der Waals surface area contributed by atoms with Crippen LogP contribution in [0.1, 0.15) is 29.9 Å². The summed E-state index contributed by atoms with van der Waals surface area (Å²) in [4.78, 5) is 8.40. The van der Waals surface area contributed by atoms with E-state index in [1.807, 2.05) is 6.07 Å². The van der Waals surface area contributed by atoms with E-state index in [0.717, 1.165) is 18.2 Å². The van der Waals surface area contributed by atoms with Gasteiger partial charge in [0.15, 0.2) is 0 Å². The van der Waals surface area contributed by atoms with Crippen molar-refractivity contribution in [3.63, 3.8) is 0 Å². The number of aryl methyl sites for hydroxylation is 1. The maximum absolute atomic E-state index is 8.77. The lowest BCUT2D eigenvalue weighted by molar-refractivity contribution is 0.765. The largest absolute Gasteiger partial charge is 0.382 e. The van der Waals surface area contributed by atoms with Gasteiger partial charge in [-0.2, -0.15) is 5.26 Å². The molecule has 0 amide bonds. The molecule has 1 saturated carbocycles. The van der Waals surface area contributed by atoms with E-state index in [-0.39, 0.29) is 0 Å². The first-order valence-corrected chi connectivity index (χ1v) is 4.74. The number of rotatable bonds is 2. The zero-order valence-corrected chi connectivity index (χ0v) is 8.12. The zero-order valence-electron chi connectivity index (χ0n) is 8.12. The quantitative estimate of drug-likeness (QED) is 0.756. The van der Waals surface area contributed by atoms with Crippen molar-refractivity contribution in [1.82, 2.24) is 9.97 Å². The molecule has 0 radical (unpaired) electrons. The molecule has 2 rings (SSSR count). The maximum Gasteiger partial charge on any atom is 0.145 e. The molecule has 1 aromatic heterocycles. The molecular weight excluding hydrogens is 176 g/mol. The second kappa shape index (κ2) is 3.26. The van der Waals surface area contributed by atoms with Crippen LogP contribution in [0.5, 0.6) is 0 Å². The van der Waals surface area contributed by atoms with E-state index in [0.29, 0.717) is 17.1 Å². The fourth-order valence-corrected chi connectivity index (χ4v) is 1.46. The first-order valence-electron chi connectivity index (χ1n) is 4.74. The Morgan fingerprint density at radius 2 is 2.21 bits per heavy atom. The summed E-state index contributed by atoms with van der Waals surface area (Å²) in [5, 5.41) is 8.77. The Morgan fingerprint density at radius 1 is 1.50 bits per heavy atom. The minimum absolute atomic E-state index is 0.315. The highest BCUT2D eigenvalue weighted by molar-refractivity contribution is 5.50. The molecule has 4 heteroatoms. The third-order valence-electron chi connectivity index (χ3n) is 2.44. The van der Waals surface area contributed by atoms with Gasteiger partial charge in [-0.1, -0.05) is 0 Å². The number of nitrogens with zero attached hydrogens (tertiary/aromatic N) is 3. The van der Waals surface area contributed by atoms with Gasteiger partial charge in [-0.05, 0) is 25.7 Å². The van der Waals surface area contributed by atoms with Gasteiger partial charge in [0.25, 0.3) is 0 Å². The lowest BCUT2D eigenvalue weighted by Crippen LogP contribution is -2.06. The van der Waals surface area contributed by atoms with Crippen LogP contribution in [0.4, 0.5) is 5.82 Å². The molecule has 0 aromatic carbocycles. The van der Waals surface area contributed by atoms with Gasteiger partial charge >= 0.3 is 0 Å². The van der Waals surface area contributed by atoms with E-state index in [4.69, 9.17) is 11.0 Å². The van der Waals surface area contributed by atoms with Crippen molar-refractivity contribution >= 4 is 5.82 Å². The average Bonchev–Trinajstić information content (AvgIpc) is 2.87. The second-order valence-electron chi connectivity index (χ2n) is 3.74. The summed E-state index contributed by atoms with van der Waals surface area (Å²) >= 11 is 0. The highest BCUT2D eigenvalue weighted by atomic mass is 15.0. The Hall–Kier alpha value is -1.63. The van der Waals surface area contributed by atoms with Gasteiger partial charge < -0.3 is 5.73 Å². The van der Waals surface area contributed by atoms with E-state index in [2.05, 4.69) is 9.97 Å². The van der Waals surface area contributed by atoms with Crippen LogP contribution in [-0.2, 0) is 6.42 Å². The number of hydrogen-bond acceptors (Lipinski definition) is 4. The van der Waals surface area contributed by atoms with Crippen molar-refractivity contribution in [3.8, 4) is 6.07 Å². The standard InChI is InChI=1S/C10H12N4/c1-6-8(5-11)10(12)14-9(13-6)4-7-2-3-7/h7H,2-4H2,1H3,(H2,12,13,14). The molecule has 1 aromatic rings. The van der Waals surface area contributed by atoms with Crippen LogP contribution in [0.2, 0.25) is 0 Å². The van der Waals surface area contributed by atoms with Gasteiger partial charge in [0.05, 0.1) is 5.69 Å². The predicted octanol–water partition coefficient (Wildman–Crippen LogP) is 1.19. The maximum atomic E-state index is 8.77. The molecule has 0 saturated heterocycles. The van der Waals surface area contributed by atoms with Crippen molar-refractivity contribution in [1.29, 1.82) is 5.26 Å². The fraction of sp³-hybridized carbons (Fsp3) is 0.500. The van der Waals surface area contributed by atoms with Crippen molar-refractivity contribution in [2.75, 3.05) is 5.73 Å². The normalized spacial score (nSPS) is 15.1. The van der Waals surface area contributed by atoms with Gasteiger partial charge in [-0.3, -0.25) is 0 Å². The number of nitriles is 1. The molecule has 0 atom stereocenters. The van der Waals surface area contributed by atoms with Gasteiger partial charge in [-0.25, -0.2) is 9.97 Å². The SMILES string of the molecule is Cc1nc(CC2CC2)nc(N)c1C#N. The molecule has 0 bridgehead atoms. The van der Waals surface area contributed by atoms with Gasteiger partial charge in [0.1, 0.15) is 23.3 Å². The molecule has 0 spiro atoms. The molecule has 1 heterocycles. The summed E-state index contributed by atoms with van der Waals surface area (Å²) in [5.74, 6) is 1.83. The summed E-state index contributed by atoms with van der Waals surface area (Å²) in [6.07, 6.45) is 3.43. The molecule has 0 unspecified atom stereocenters. The highest BCUT2D eigenvalue weighted by Crippen LogP contribution is 2.32. The van der Waals surface area contributed by atoms with Crippen LogP contribution in [0.15, 0.2) is 0 Å². The smallest absolute Gasteiger partial charge is 0.145 e. The van der Waals surface area contributed by atoms with Crippen LogP contribution < -0.4 is 5.73 Å².